The molecule has 2 amide bonds. The lowest BCUT2D eigenvalue weighted by Crippen LogP contribution is -2.41. The number of aryl methyl sites for hydroxylation is 2. The molecule has 0 fully saturated rings. The summed E-state index contributed by atoms with van der Waals surface area (Å²) in [4.78, 5) is 35.5. The summed E-state index contributed by atoms with van der Waals surface area (Å²) in [6, 6.07) is 10.3. The third kappa shape index (κ3) is 4.54. The number of ketones is 1. The molecule has 1 aromatic heterocycles. The number of Topliss-reactive ketones (excluding diaryl/α,β-unsaturated/α-hetero) is 1. The molecule has 0 atom stereocenters. The van der Waals surface area contributed by atoms with Crippen LogP contribution in [-0.4, -0.2) is 17.6 Å². The number of carbonyl (C=O) groups excluding carboxylic acids is 3. The molecule has 1 aromatic carbocycles. The van der Waals surface area contributed by atoms with Crippen LogP contribution in [0.3, 0.4) is 0 Å². The summed E-state index contributed by atoms with van der Waals surface area (Å²) >= 11 is 0. The quantitative estimate of drug-likeness (QED) is 0.655. The molecule has 0 spiro atoms. The summed E-state index contributed by atoms with van der Waals surface area (Å²) in [7, 11) is 0. The topological polar surface area (TPSA) is 88.4 Å². The van der Waals surface area contributed by atoms with Crippen molar-refractivity contribution in [2.75, 3.05) is 0 Å². The Morgan fingerprint density at radius 2 is 1.70 bits per heavy atom. The molecule has 0 aliphatic rings. The summed E-state index contributed by atoms with van der Waals surface area (Å²) in [5, 5.41) is 0. The van der Waals surface area contributed by atoms with E-state index in [1.165, 1.54) is 0 Å². The third-order valence-corrected chi connectivity index (χ3v) is 3.28. The van der Waals surface area contributed by atoms with E-state index in [1.54, 1.807) is 44.2 Å². The fourth-order valence-electron chi connectivity index (χ4n) is 2.11. The third-order valence-electron chi connectivity index (χ3n) is 3.28. The van der Waals surface area contributed by atoms with Crippen molar-refractivity contribution < 1.29 is 18.8 Å². The van der Waals surface area contributed by atoms with Crippen LogP contribution in [0, 0.1) is 13.8 Å². The SMILES string of the molecule is Cc1cc(C(=O)NNC(=O)CCC(=O)c2ccccc2)c(C)o1. The van der Waals surface area contributed by atoms with Gasteiger partial charge in [0, 0.05) is 18.4 Å². The number of hydrazine groups is 1. The summed E-state index contributed by atoms with van der Waals surface area (Å²) in [5.41, 5.74) is 5.53. The van der Waals surface area contributed by atoms with Crippen molar-refractivity contribution >= 4 is 17.6 Å². The molecule has 6 nitrogen and oxygen atoms in total. The smallest absolute Gasteiger partial charge is 0.273 e. The second-order valence-corrected chi connectivity index (χ2v) is 5.12. The van der Waals surface area contributed by atoms with Crippen LogP contribution < -0.4 is 10.9 Å². The van der Waals surface area contributed by atoms with Crippen LogP contribution in [0.1, 0.15) is 45.1 Å². The minimum absolute atomic E-state index is 0.00257. The molecule has 1 heterocycles. The molecule has 0 saturated heterocycles. The molecule has 2 aromatic rings. The van der Waals surface area contributed by atoms with E-state index in [9.17, 15) is 14.4 Å². The van der Waals surface area contributed by atoms with Crippen LogP contribution in [0.2, 0.25) is 0 Å². The van der Waals surface area contributed by atoms with Crippen LogP contribution in [0.5, 0.6) is 0 Å². The molecule has 0 aliphatic carbocycles. The Morgan fingerprint density at radius 3 is 2.30 bits per heavy atom. The average Bonchev–Trinajstić information content (AvgIpc) is 2.89. The highest BCUT2D eigenvalue weighted by Crippen LogP contribution is 2.13. The predicted octanol–water partition coefficient (Wildman–Crippen LogP) is 2.32. The van der Waals surface area contributed by atoms with Crippen molar-refractivity contribution in [3.8, 4) is 0 Å². The van der Waals surface area contributed by atoms with Gasteiger partial charge in [-0.2, -0.15) is 0 Å². The van der Waals surface area contributed by atoms with Gasteiger partial charge < -0.3 is 4.42 Å². The fourth-order valence-corrected chi connectivity index (χ4v) is 2.11. The number of carbonyl (C=O) groups is 3. The lowest BCUT2D eigenvalue weighted by Gasteiger charge is -2.06. The van der Waals surface area contributed by atoms with Gasteiger partial charge in [-0.15, -0.1) is 0 Å². The van der Waals surface area contributed by atoms with Crippen LogP contribution >= 0.6 is 0 Å². The maximum absolute atomic E-state index is 11.9. The predicted molar refractivity (Wildman–Crippen MR) is 83.8 cm³/mol. The zero-order valence-electron chi connectivity index (χ0n) is 13.0. The van der Waals surface area contributed by atoms with Gasteiger partial charge in [0.15, 0.2) is 5.78 Å². The second-order valence-electron chi connectivity index (χ2n) is 5.12. The molecular formula is C17H18N2O4. The number of furan rings is 1. The number of hydrogen-bond donors (Lipinski definition) is 2. The Kier molecular flexibility index (Phi) is 5.30. The second kappa shape index (κ2) is 7.40. The zero-order chi connectivity index (χ0) is 16.8. The molecule has 120 valence electrons. The molecule has 0 aliphatic heterocycles. The number of amides is 2. The van der Waals surface area contributed by atoms with Crippen molar-refractivity contribution in [2.45, 2.75) is 26.7 Å². The highest BCUT2D eigenvalue weighted by atomic mass is 16.3. The first-order valence-corrected chi connectivity index (χ1v) is 7.22. The molecule has 0 unspecified atom stereocenters. The molecule has 6 heteroatoms. The van der Waals surface area contributed by atoms with E-state index in [0.717, 1.165) is 0 Å². The van der Waals surface area contributed by atoms with Gasteiger partial charge in [0.2, 0.25) is 5.91 Å². The molecule has 2 rings (SSSR count). The van der Waals surface area contributed by atoms with E-state index in [-0.39, 0.29) is 18.6 Å². The Labute approximate surface area is 133 Å². The number of hydrogen-bond acceptors (Lipinski definition) is 4. The van der Waals surface area contributed by atoms with Crippen molar-refractivity contribution in [1.82, 2.24) is 10.9 Å². The van der Waals surface area contributed by atoms with Gasteiger partial charge in [-0.1, -0.05) is 30.3 Å². The van der Waals surface area contributed by atoms with E-state index in [0.29, 0.717) is 22.6 Å². The first-order valence-electron chi connectivity index (χ1n) is 7.22. The molecule has 0 saturated carbocycles. The lowest BCUT2D eigenvalue weighted by molar-refractivity contribution is -0.121. The van der Waals surface area contributed by atoms with Gasteiger partial charge in [0.1, 0.15) is 11.5 Å². The van der Waals surface area contributed by atoms with Crippen molar-refractivity contribution in [1.29, 1.82) is 0 Å². The Balaban J connectivity index is 1.78. The maximum Gasteiger partial charge on any atom is 0.273 e. The molecule has 2 N–H and O–H groups in total. The van der Waals surface area contributed by atoms with E-state index in [4.69, 9.17) is 4.42 Å². The Morgan fingerprint density at radius 1 is 1.00 bits per heavy atom. The van der Waals surface area contributed by atoms with Crippen LogP contribution in [0.4, 0.5) is 0 Å². The number of nitrogens with one attached hydrogen (secondary N) is 2. The highest BCUT2D eigenvalue weighted by molar-refractivity contribution is 5.99. The molecule has 23 heavy (non-hydrogen) atoms. The summed E-state index contributed by atoms with van der Waals surface area (Å²) in [6.07, 6.45) is 0.0764. The molecule has 0 radical (unpaired) electrons. The molecule has 0 bridgehead atoms. The zero-order valence-corrected chi connectivity index (χ0v) is 13.0. The Hall–Kier alpha value is -2.89. The fraction of sp³-hybridized carbons (Fsp3) is 0.235. The minimum atomic E-state index is -0.456. The van der Waals surface area contributed by atoms with Gasteiger partial charge in [-0.05, 0) is 19.9 Å². The number of rotatable bonds is 5. The molecular weight excluding hydrogens is 296 g/mol. The van der Waals surface area contributed by atoms with Gasteiger partial charge in [-0.25, -0.2) is 0 Å². The summed E-state index contributed by atoms with van der Waals surface area (Å²) < 4.78 is 5.25. The van der Waals surface area contributed by atoms with E-state index in [2.05, 4.69) is 10.9 Å². The van der Waals surface area contributed by atoms with E-state index in [1.807, 2.05) is 6.07 Å². The highest BCUT2D eigenvalue weighted by Gasteiger charge is 2.14. The van der Waals surface area contributed by atoms with Crippen molar-refractivity contribution in [2.24, 2.45) is 0 Å². The largest absolute Gasteiger partial charge is 0.466 e. The van der Waals surface area contributed by atoms with Crippen LogP contribution in [0.15, 0.2) is 40.8 Å². The van der Waals surface area contributed by atoms with Gasteiger partial charge in [0.05, 0.1) is 5.56 Å². The normalized spacial score (nSPS) is 10.2. The van der Waals surface area contributed by atoms with Crippen molar-refractivity contribution in [3.63, 3.8) is 0 Å². The van der Waals surface area contributed by atoms with Crippen LogP contribution in [-0.2, 0) is 4.79 Å². The number of benzene rings is 1. The van der Waals surface area contributed by atoms with E-state index < -0.39 is 11.8 Å². The summed E-state index contributed by atoms with van der Waals surface area (Å²) in [5.74, 6) is 0.0944. The Bertz CT molecular complexity index is 719. The maximum atomic E-state index is 11.9. The van der Waals surface area contributed by atoms with E-state index >= 15 is 0 Å². The minimum Gasteiger partial charge on any atom is -0.466 e. The van der Waals surface area contributed by atoms with Crippen LogP contribution in [0.25, 0.3) is 0 Å². The average molecular weight is 314 g/mol. The summed E-state index contributed by atoms with van der Waals surface area (Å²) in [6.45, 7) is 3.40. The van der Waals surface area contributed by atoms with Gasteiger partial charge in [-0.3, -0.25) is 25.2 Å². The van der Waals surface area contributed by atoms with Gasteiger partial charge >= 0.3 is 0 Å². The van der Waals surface area contributed by atoms with Crippen molar-refractivity contribution in [3.05, 3.63) is 59.0 Å². The standard InChI is InChI=1S/C17H18N2O4/c1-11-10-14(12(2)23-11)17(22)19-18-16(21)9-8-15(20)13-6-4-3-5-7-13/h3-7,10H,8-9H2,1-2H3,(H,18,21)(H,19,22). The monoisotopic (exact) mass is 314 g/mol. The first kappa shape index (κ1) is 16.5. The van der Waals surface area contributed by atoms with Gasteiger partial charge in [0.25, 0.3) is 5.91 Å². The lowest BCUT2D eigenvalue weighted by atomic mass is 10.1. The first-order chi connectivity index (χ1) is 11.0.